The molecule has 0 bridgehead atoms. The number of benzene rings is 2. The Morgan fingerprint density at radius 1 is 1.05 bits per heavy atom. The zero-order chi connectivity index (χ0) is 13.2. The van der Waals surface area contributed by atoms with Gasteiger partial charge in [-0.2, -0.15) is 0 Å². The molecule has 2 aromatic carbocycles. The van der Waals surface area contributed by atoms with Crippen LogP contribution in [0.1, 0.15) is 36.5 Å². The monoisotopic (exact) mass is 248 g/mol. The summed E-state index contributed by atoms with van der Waals surface area (Å²) in [5, 5.41) is 1.23. The molecule has 0 amide bonds. The van der Waals surface area contributed by atoms with E-state index in [0.29, 0.717) is 5.92 Å². The van der Waals surface area contributed by atoms with E-state index >= 15 is 0 Å². The van der Waals surface area contributed by atoms with E-state index in [9.17, 15) is 0 Å². The normalized spacial score (nSPS) is 11.3. The minimum atomic E-state index is 0.593. The van der Waals surface area contributed by atoms with Crippen molar-refractivity contribution in [3.05, 3.63) is 71.4 Å². The molecule has 1 heteroatoms. The summed E-state index contributed by atoms with van der Waals surface area (Å²) in [6.45, 7) is 4.45. The maximum absolute atomic E-state index is 3.21. The van der Waals surface area contributed by atoms with Crippen molar-refractivity contribution in [1.82, 2.24) is 4.98 Å². The van der Waals surface area contributed by atoms with Crippen LogP contribution in [0.4, 0.5) is 0 Å². The highest BCUT2D eigenvalue weighted by atomic mass is 14.7. The van der Waals surface area contributed by atoms with Crippen molar-refractivity contribution in [3.8, 4) is 0 Å². The third kappa shape index (κ3) is 2.41. The summed E-state index contributed by atoms with van der Waals surface area (Å²) in [6, 6.07) is 17.4. The number of aromatic amines is 1. The average molecular weight is 248 g/mol. The quantitative estimate of drug-likeness (QED) is 0.692. The first-order valence-electron chi connectivity index (χ1n) is 6.79. The number of hydrogen-bond donors (Lipinski definition) is 1. The molecule has 1 nitrogen and oxygen atoms in total. The van der Waals surface area contributed by atoms with Crippen LogP contribution < -0.4 is 0 Å². The first-order valence-corrected chi connectivity index (χ1v) is 6.79. The van der Waals surface area contributed by atoms with E-state index < -0.39 is 0 Å². The maximum atomic E-state index is 3.21. The van der Waals surface area contributed by atoms with Crippen LogP contribution in [0.5, 0.6) is 0 Å². The van der Waals surface area contributed by atoms with Crippen molar-refractivity contribution < 1.29 is 0 Å². The average Bonchev–Trinajstić information content (AvgIpc) is 2.89. The molecule has 3 aromatic rings. The molecule has 0 aliphatic carbocycles. The van der Waals surface area contributed by atoms with Gasteiger partial charge in [0, 0.05) is 10.9 Å². The topological polar surface area (TPSA) is 15.8 Å². The molecule has 95 valence electrons. The Bertz CT molecular complexity index is 674. The van der Waals surface area contributed by atoms with E-state index in [0.717, 1.165) is 6.42 Å². The molecule has 0 aliphatic heterocycles. The van der Waals surface area contributed by atoms with Gasteiger partial charge in [0.05, 0.1) is 6.20 Å². The first kappa shape index (κ1) is 12.0. The predicted octanol–water partition coefficient (Wildman–Crippen LogP) is 4.68. The molecular weight excluding hydrogens is 230 g/mol. The Balaban J connectivity index is 1.90. The lowest BCUT2D eigenvalue weighted by atomic mass is 9.98. The van der Waals surface area contributed by atoms with Gasteiger partial charge in [-0.25, -0.2) is 0 Å². The molecule has 1 heterocycles. The van der Waals surface area contributed by atoms with Crippen molar-refractivity contribution in [2.75, 3.05) is 0 Å². The zero-order valence-electron chi connectivity index (χ0n) is 11.4. The molecule has 1 radical (unpaired) electrons. The Hall–Kier alpha value is -2.02. The number of hydrogen-bond acceptors (Lipinski definition) is 0. The maximum Gasteiger partial charge on any atom is 0.0630 e. The molecule has 1 N–H and O–H groups in total. The van der Waals surface area contributed by atoms with Crippen molar-refractivity contribution >= 4 is 10.9 Å². The van der Waals surface area contributed by atoms with Gasteiger partial charge >= 0.3 is 0 Å². The lowest BCUT2D eigenvalue weighted by Gasteiger charge is -2.08. The second kappa shape index (κ2) is 4.93. The van der Waals surface area contributed by atoms with Crippen LogP contribution >= 0.6 is 0 Å². The van der Waals surface area contributed by atoms with Gasteiger partial charge in [0.15, 0.2) is 0 Å². The number of para-hydroxylation sites is 1. The van der Waals surface area contributed by atoms with Crippen LogP contribution in [0.25, 0.3) is 10.9 Å². The molecule has 0 fully saturated rings. The summed E-state index contributed by atoms with van der Waals surface area (Å²) in [5.74, 6) is 0.593. The van der Waals surface area contributed by atoms with Gasteiger partial charge in [-0.05, 0) is 35.1 Å². The van der Waals surface area contributed by atoms with Gasteiger partial charge in [0.1, 0.15) is 0 Å². The third-order valence-corrected chi connectivity index (χ3v) is 3.65. The van der Waals surface area contributed by atoms with Crippen LogP contribution in [-0.4, -0.2) is 4.98 Å². The largest absolute Gasteiger partial charge is 0.353 e. The molecule has 19 heavy (non-hydrogen) atoms. The predicted molar refractivity (Wildman–Crippen MR) is 80.5 cm³/mol. The van der Waals surface area contributed by atoms with E-state index in [2.05, 4.69) is 67.5 Å². The second-order valence-corrected chi connectivity index (χ2v) is 5.37. The molecule has 0 saturated heterocycles. The summed E-state index contributed by atoms with van der Waals surface area (Å²) in [7, 11) is 0. The smallest absolute Gasteiger partial charge is 0.0630 e. The van der Waals surface area contributed by atoms with E-state index in [-0.39, 0.29) is 0 Å². The second-order valence-electron chi connectivity index (χ2n) is 5.37. The highest BCUT2D eigenvalue weighted by molar-refractivity contribution is 5.82. The number of H-pyrrole nitrogens is 1. The van der Waals surface area contributed by atoms with Crippen LogP contribution in [0.15, 0.2) is 48.5 Å². The molecular formula is C18H18N. The lowest BCUT2D eigenvalue weighted by Crippen LogP contribution is -1.92. The van der Waals surface area contributed by atoms with Gasteiger partial charge in [0.2, 0.25) is 0 Å². The first-order chi connectivity index (χ1) is 9.24. The molecule has 1 aromatic heterocycles. The fourth-order valence-electron chi connectivity index (χ4n) is 2.47. The van der Waals surface area contributed by atoms with E-state index in [4.69, 9.17) is 0 Å². The fraction of sp³-hybridized carbons (Fsp3) is 0.222. The summed E-state index contributed by atoms with van der Waals surface area (Å²) in [4.78, 5) is 3.21. The Morgan fingerprint density at radius 3 is 2.58 bits per heavy atom. The fourth-order valence-corrected chi connectivity index (χ4v) is 2.47. The van der Waals surface area contributed by atoms with Gasteiger partial charge in [-0.3, -0.25) is 0 Å². The minimum absolute atomic E-state index is 0.593. The van der Waals surface area contributed by atoms with Crippen molar-refractivity contribution in [2.45, 2.75) is 26.2 Å². The molecule has 0 saturated carbocycles. The SMILES string of the molecule is CC(C)c1ccc(Cc2cccc3c[c][nH]c23)cc1. The van der Waals surface area contributed by atoms with E-state index in [1.165, 1.54) is 27.6 Å². The van der Waals surface area contributed by atoms with Crippen LogP contribution in [0.3, 0.4) is 0 Å². The summed E-state index contributed by atoms with van der Waals surface area (Å²) in [5.41, 5.74) is 5.29. The Labute approximate surface area is 114 Å². The van der Waals surface area contributed by atoms with Gasteiger partial charge in [-0.15, -0.1) is 0 Å². The van der Waals surface area contributed by atoms with Gasteiger partial charge < -0.3 is 4.98 Å². The Morgan fingerprint density at radius 2 is 1.84 bits per heavy atom. The van der Waals surface area contributed by atoms with Crippen molar-refractivity contribution in [1.29, 1.82) is 0 Å². The number of fused-ring (bicyclic) bond motifs is 1. The molecule has 3 rings (SSSR count). The zero-order valence-corrected chi connectivity index (χ0v) is 11.4. The minimum Gasteiger partial charge on any atom is -0.353 e. The summed E-state index contributed by atoms with van der Waals surface area (Å²) < 4.78 is 0. The van der Waals surface area contributed by atoms with E-state index in [1.807, 2.05) is 6.07 Å². The lowest BCUT2D eigenvalue weighted by molar-refractivity contribution is 0.865. The molecule has 0 unspecified atom stereocenters. The Kier molecular flexibility index (Phi) is 3.12. The standard InChI is InChI=1S/C18H18N/c1-13(2)15-8-6-14(7-9-15)12-17-5-3-4-16-10-11-19-18(16)17/h3-10,13,19H,12H2,1-2H3. The third-order valence-electron chi connectivity index (χ3n) is 3.65. The van der Waals surface area contributed by atoms with Crippen LogP contribution in [0.2, 0.25) is 0 Å². The van der Waals surface area contributed by atoms with E-state index in [1.54, 1.807) is 0 Å². The highest BCUT2D eigenvalue weighted by Crippen LogP contribution is 2.21. The summed E-state index contributed by atoms with van der Waals surface area (Å²) >= 11 is 0. The number of aromatic nitrogens is 1. The number of rotatable bonds is 3. The van der Waals surface area contributed by atoms with Crippen LogP contribution in [-0.2, 0) is 6.42 Å². The number of nitrogens with one attached hydrogen (secondary N) is 1. The molecule has 0 atom stereocenters. The summed E-state index contributed by atoms with van der Waals surface area (Å²) in [6.07, 6.45) is 4.03. The molecule has 0 spiro atoms. The van der Waals surface area contributed by atoms with Gasteiger partial charge in [0.25, 0.3) is 0 Å². The highest BCUT2D eigenvalue weighted by Gasteiger charge is 2.04. The molecule has 0 aliphatic rings. The van der Waals surface area contributed by atoms with Crippen molar-refractivity contribution in [2.24, 2.45) is 0 Å². The van der Waals surface area contributed by atoms with Crippen molar-refractivity contribution in [3.63, 3.8) is 0 Å². The van der Waals surface area contributed by atoms with Gasteiger partial charge in [-0.1, -0.05) is 56.3 Å². The van der Waals surface area contributed by atoms with Crippen LogP contribution in [0, 0.1) is 6.20 Å².